The van der Waals surface area contributed by atoms with Crippen LogP contribution >= 0.6 is 0 Å². The molecule has 90 valence electrons. The monoisotopic (exact) mass is 222 g/mol. The van der Waals surface area contributed by atoms with Gasteiger partial charge in [0.2, 0.25) is 0 Å². The van der Waals surface area contributed by atoms with Crippen LogP contribution in [0, 0.1) is 0 Å². The molecule has 0 aliphatic heterocycles. The van der Waals surface area contributed by atoms with Gasteiger partial charge in [-0.25, -0.2) is 0 Å². The molecule has 3 nitrogen and oxygen atoms in total. The van der Waals surface area contributed by atoms with E-state index in [9.17, 15) is 0 Å². The number of methoxy groups -OCH3 is 1. The number of aromatic nitrogens is 1. The van der Waals surface area contributed by atoms with E-state index in [4.69, 9.17) is 10.5 Å². The lowest BCUT2D eigenvalue weighted by Gasteiger charge is -2.24. The van der Waals surface area contributed by atoms with Crippen molar-refractivity contribution in [2.75, 3.05) is 7.11 Å². The van der Waals surface area contributed by atoms with E-state index in [0.29, 0.717) is 0 Å². The van der Waals surface area contributed by atoms with Crippen LogP contribution in [0.5, 0.6) is 0 Å². The van der Waals surface area contributed by atoms with E-state index >= 15 is 0 Å². The highest BCUT2D eigenvalue weighted by atomic mass is 16.5. The van der Waals surface area contributed by atoms with E-state index in [1.165, 1.54) is 5.56 Å². The molecule has 0 saturated heterocycles. The van der Waals surface area contributed by atoms with Crippen LogP contribution in [0.25, 0.3) is 0 Å². The molecular weight excluding hydrogens is 200 g/mol. The van der Waals surface area contributed by atoms with Crippen LogP contribution in [0.15, 0.2) is 24.5 Å². The predicted octanol–water partition coefficient (Wildman–Crippen LogP) is 2.16. The van der Waals surface area contributed by atoms with Crippen LogP contribution in [0.3, 0.4) is 0 Å². The average molecular weight is 222 g/mol. The fourth-order valence-corrected chi connectivity index (χ4v) is 1.56. The first kappa shape index (κ1) is 13.1. The van der Waals surface area contributed by atoms with Crippen LogP contribution < -0.4 is 5.73 Å². The summed E-state index contributed by atoms with van der Waals surface area (Å²) in [7, 11) is 1.74. The molecule has 0 aliphatic rings. The van der Waals surface area contributed by atoms with Crippen molar-refractivity contribution in [1.82, 2.24) is 4.98 Å². The van der Waals surface area contributed by atoms with Crippen LogP contribution in [-0.4, -0.2) is 23.7 Å². The first-order valence-corrected chi connectivity index (χ1v) is 5.73. The molecule has 1 unspecified atom stereocenters. The smallest absolute Gasteiger partial charge is 0.0623 e. The fourth-order valence-electron chi connectivity index (χ4n) is 1.56. The lowest BCUT2D eigenvalue weighted by molar-refractivity contribution is 0.0125. The highest BCUT2D eigenvalue weighted by Gasteiger charge is 2.17. The van der Waals surface area contributed by atoms with Gasteiger partial charge in [-0.15, -0.1) is 0 Å². The Morgan fingerprint density at radius 1 is 1.50 bits per heavy atom. The molecule has 0 amide bonds. The summed E-state index contributed by atoms with van der Waals surface area (Å²) in [6.45, 7) is 4.17. The van der Waals surface area contributed by atoms with E-state index in [2.05, 4.69) is 24.9 Å². The Bertz CT molecular complexity index is 298. The second-order valence-electron chi connectivity index (χ2n) is 4.83. The Balaban J connectivity index is 2.34. The largest absolute Gasteiger partial charge is 0.379 e. The number of rotatable bonds is 6. The SMILES string of the molecule is COC(C)(C)CCC(N)Cc1cccnc1. The molecule has 16 heavy (non-hydrogen) atoms. The molecule has 1 aromatic heterocycles. The summed E-state index contributed by atoms with van der Waals surface area (Å²) in [5, 5.41) is 0. The summed E-state index contributed by atoms with van der Waals surface area (Å²) < 4.78 is 5.37. The summed E-state index contributed by atoms with van der Waals surface area (Å²) in [5.74, 6) is 0. The average Bonchev–Trinajstić information content (AvgIpc) is 2.28. The number of pyridine rings is 1. The third-order valence-electron chi connectivity index (χ3n) is 2.89. The number of hydrogen-bond donors (Lipinski definition) is 1. The van der Waals surface area contributed by atoms with E-state index in [0.717, 1.165) is 19.3 Å². The zero-order valence-corrected chi connectivity index (χ0v) is 10.4. The van der Waals surface area contributed by atoms with Crippen molar-refractivity contribution in [3.63, 3.8) is 0 Å². The molecule has 0 fully saturated rings. The molecule has 1 heterocycles. The highest BCUT2D eigenvalue weighted by Crippen LogP contribution is 2.17. The molecule has 2 N–H and O–H groups in total. The van der Waals surface area contributed by atoms with Gasteiger partial charge in [0.1, 0.15) is 0 Å². The van der Waals surface area contributed by atoms with E-state index in [1.54, 1.807) is 13.3 Å². The first-order valence-electron chi connectivity index (χ1n) is 5.73. The maximum Gasteiger partial charge on any atom is 0.0623 e. The van der Waals surface area contributed by atoms with Crippen LogP contribution in [0.1, 0.15) is 32.3 Å². The molecular formula is C13H22N2O. The molecule has 0 saturated carbocycles. The van der Waals surface area contributed by atoms with Gasteiger partial charge < -0.3 is 10.5 Å². The summed E-state index contributed by atoms with van der Waals surface area (Å²) in [5.41, 5.74) is 7.21. The molecule has 1 atom stereocenters. The third kappa shape index (κ3) is 4.73. The molecule has 0 aromatic carbocycles. The van der Waals surface area contributed by atoms with E-state index in [-0.39, 0.29) is 11.6 Å². The van der Waals surface area contributed by atoms with Crippen LogP contribution in [-0.2, 0) is 11.2 Å². The molecule has 0 spiro atoms. The summed E-state index contributed by atoms with van der Waals surface area (Å²) in [4.78, 5) is 4.08. The summed E-state index contributed by atoms with van der Waals surface area (Å²) in [6, 6.07) is 4.19. The van der Waals surface area contributed by atoms with Crippen molar-refractivity contribution in [2.24, 2.45) is 5.73 Å². The van der Waals surface area contributed by atoms with Crippen molar-refractivity contribution in [3.05, 3.63) is 30.1 Å². The van der Waals surface area contributed by atoms with Gasteiger partial charge in [0.25, 0.3) is 0 Å². The van der Waals surface area contributed by atoms with E-state index in [1.807, 2.05) is 12.3 Å². The second kappa shape index (κ2) is 5.97. The highest BCUT2D eigenvalue weighted by molar-refractivity contribution is 5.09. The van der Waals surface area contributed by atoms with Gasteiger partial charge in [0.15, 0.2) is 0 Å². The van der Waals surface area contributed by atoms with Gasteiger partial charge in [-0.1, -0.05) is 6.07 Å². The minimum Gasteiger partial charge on any atom is -0.379 e. The minimum absolute atomic E-state index is 0.0768. The van der Waals surface area contributed by atoms with Crippen LogP contribution in [0.2, 0.25) is 0 Å². The Morgan fingerprint density at radius 3 is 2.81 bits per heavy atom. The van der Waals surface area contributed by atoms with Crippen molar-refractivity contribution in [1.29, 1.82) is 0 Å². The normalized spacial score (nSPS) is 13.8. The third-order valence-corrected chi connectivity index (χ3v) is 2.89. The number of hydrogen-bond acceptors (Lipinski definition) is 3. The van der Waals surface area contributed by atoms with Crippen molar-refractivity contribution in [2.45, 2.75) is 44.8 Å². The van der Waals surface area contributed by atoms with E-state index < -0.39 is 0 Å². The Hall–Kier alpha value is -0.930. The van der Waals surface area contributed by atoms with Gasteiger partial charge in [0, 0.05) is 25.5 Å². The minimum atomic E-state index is -0.0768. The Kier molecular flexibility index (Phi) is 4.90. The summed E-state index contributed by atoms with van der Waals surface area (Å²) >= 11 is 0. The molecule has 0 radical (unpaired) electrons. The van der Waals surface area contributed by atoms with Gasteiger partial charge in [-0.3, -0.25) is 4.98 Å². The number of ether oxygens (including phenoxy) is 1. The molecule has 0 bridgehead atoms. The topological polar surface area (TPSA) is 48.1 Å². The maximum atomic E-state index is 6.08. The molecule has 3 heteroatoms. The quantitative estimate of drug-likeness (QED) is 0.802. The Labute approximate surface area is 98.0 Å². The molecule has 1 aromatic rings. The predicted molar refractivity (Wildman–Crippen MR) is 66.2 cm³/mol. The summed E-state index contributed by atoms with van der Waals surface area (Å²) in [6.07, 6.45) is 6.48. The van der Waals surface area contributed by atoms with Gasteiger partial charge in [-0.2, -0.15) is 0 Å². The van der Waals surface area contributed by atoms with Crippen molar-refractivity contribution >= 4 is 0 Å². The van der Waals surface area contributed by atoms with Crippen LogP contribution in [0.4, 0.5) is 0 Å². The van der Waals surface area contributed by atoms with Gasteiger partial charge in [0.05, 0.1) is 5.60 Å². The number of nitrogens with two attached hydrogens (primary N) is 1. The fraction of sp³-hybridized carbons (Fsp3) is 0.615. The standard InChI is InChI=1S/C13H22N2O/c1-13(2,16-3)7-6-12(14)9-11-5-4-8-15-10-11/h4-5,8,10,12H,6-7,9,14H2,1-3H3. The lowest BCUT2D eigenvalue weighted by Crippen LogP contribution is -2.29. The molecule has 0 aliphatic carbocycles. The Morgan fingerprint density at radius 2 is 2.25 bits per heavy atom. The van der Waals surface area contributed by atoms with Gasteiger partial charge >= 0.3 is 0 Å². The zero-order valence-electron chi connectivity index (χ0n) is 10.4. The van der Waals surface area contributed by atoms with Crippen molar-refractivity contribution < 1.29 is 4.74 Å². The second-order valence-corrected chi connectivity index (χ2v) is 4.83. The zero-order chi connectivity index (χ0) is 12.0. The van der Waals surface area contributed by atoms with Gasteiger partial charge in [-0.05, 0) is 44.7 Å². The maximum absolute atomic E-state index is 6.08. The number of nitrogens with zero attached hydrogens (tertiary/aromatic N) is 1. The van der Waals surface area contributed by atoms with Crippen molar-refractivity contribution in [3.8, 4) is 0 Å². The lowest BCUT2D eigenvalue weighted by atomic mass is 9.96. The first-order chi connectivity index (χ1) is 7.53. The molecule has 1 rings (SSSR count).